The zero-order chi connectivity index (χ0) is 26.7. The molecular weight excluding hydrogens is 504 g/mol. The van der Waals surface area contributed by atoms with Gasteiger partial charge in [0.25, 0.3) is 0 Å². The van der Waals surface area contributed by atoms with Gasteiger partial charge in [-0.2, -0.15) is 0 Å². The molecule has 0 spiro atoms. The number of carbonyl (C=O) groups excluding carboxylic acids is 1. The van der Waals surface area contributed by atoms with Gasteiger partial charge in [0.2, 0.25) is 5.91 Å². The van der Waals surface area contributed by atoms with Crippen molar-refractivity contribution < 1.29 is 29.3 Å². The highest BCUT2D eigenvalue weighted by Gasteiger charge is 2.32. The Morgan fingerprint density at radius 2 is 1.79 bits per heavy atom. The monoisotopic (exact) mass is 536 g/mol. The van der Waals surface area contributed by atoms with E-state index in [-0.39, 0.29) is 37.6 Å². The average Bonchev–Trinajstić information content (AvgIpc) is 2.95. The smallest absolute Gasteiger partial charge is 0.303 e. The first kappa shape index (κ1) is 27.8. The number of aliphatic hydroxyl groups excluding tert-OH is 1. The second kappa shape index (κ2) is 14.1. The van der Waals surface area contributed by atoms with Crippen molar-refractivity contribution in [3.8, 4) is 0 Å². The molecule has 2 heterocycles. The standard InChI is InChI=1S/C29H32N2O6S/c32-18-20-11-13-21(14-12-20)25-17-24(19-38-27-9-3-4-15-30-27)36-29(37-25)22-6-5-7-23(16-22)31-26(33)8-1-2-10-28(34)35/h3-7,9,11-16,24-25,29,32H,1-2,8,10,17-19H2,(H,31,33)(H,34,35)/t24-,25+,29+/m1/s1. The van der Waals surface area contributed by atoms with Gasteiger partial charge in [0, 0.05) is 42.5 Å². The summed E-state index contributed by atoms with van der Waals surface area (Å²) in [6, 6.07) is 21.0. The van der Waals surface area contributed by atoms with E-state index in [2.05, 4.69) is 10.3 Å². The third kappa shape index (κ3) is 8.39. The van der Waals surface area contributed by atoms with Gasteiger partial charge < -0.3 is 25.0 Å². The molecule has 0 aliphatic carbocycles. The van der Waals surface area contributed by atoms with E-state index in [1.165, 1.54) is 0 Å². The van der Waals surface area contributed by atoms with Gasteiger partial charge in [0.15, 0.2) is 6.29 Å². The number of rotatable bonds is 12. The minimum Gasteiger partial charge on any atom is -0.481 e. The molecule has 1 fully saturated rings. The van der Waals surface area contributed by atoms with E-state index in [0.717, 1.165) is 21.7 Å². The van der Waals surface area contributed by atoms with E-state index < -0.39 is 12.3 Å². The van der Waals surface area contributed by atoms with Crippen LogP contribution in [0.5, 0.6) is 0 Å². The molecule has 3 aromatic rings. The molecule has 9 heteroatoms. The van der Waals surface area contributed by atoms with Gasteiger partial charge in [0.05, 0.1) is 23.8 Å². The van der Waals surface area contributed by atoms with Gasteiger partial charge in [0.1, 0.15) is 0 Å². The number of anilines is 1. The first-order chi connectivity index (χ1) is 18.5. The lowest BCUT2D eigenvalue weighted by molar-refractivity contribution is -0.245. The largest absolute Gasteiger partial charge is 0.481 e. The Kier molecular flexibility index (Phi) is 10.3. The molecule has 1 saturated heterocycles. The molecule has 0 radical (unpaired) electrons. The van der Waals surface area contributed by atoms with Crippen LogP contribution in [0.4, 0.5) is 5.69 Å². The van der Waals surface area contributed by atoms with Crippen LogP contribution in [0.2, 0.25) is 0 Å². The predicted octanol–water partition coefficient (Wildman–Crippen LogP) is 5.50. The second-order valence-electron chi connectivity index (χ2n) is 9.10. The zero-order valence-electron chi connectivity index (χ0n) is 21.0. The SMILES string of the molecule is O=C(O)CCCCC(=O)Nc1cccc([C@H]2O[C@@H](CSc3ccccn3)C[C@@H](c3ccc(CO)cc3)O2)c1. The van der Waals surface area contributed by atoms with Crippen molar-refractivity contribution in [1.82, 2.24) is 4.98 Å². The number of thioether (sulfide) groups is 1. The fourth-order valence-corrected chi connectivity index (χ4v) is 5.06. The Hall–Kier alpha value is -3.24. The van der Waals surface area contributed by atoms with E-state index in [9.17, 15) is 14.7 Å². The summed E-state index contributed by atoms with van der Waals surface area (Å²) in [6.45, 7) is -0.0149. The molecule has 200 valence electrons. The van der Waals surface area contributed by atoms with E-state index in [1.807, 2.05) is 60.7 Å². The van der Waals surface area contributed by atoms with Gasteiger partial charge in [-0.3, -0.25) is 9.59 Å². The first-order valence-corrected chi connectivity index (χ1v) is 13.6. The topological polar surface area (TPSA) is 118 Å². The van der Waals surface area contributed by atoms with Crippen LogP contribution in [0.25, 0.3) is 0 Å². The first-order valence-electron chi connectivity index (χ1n) is 12.7. The fraction of sp³-hybridized carbons (Fsp3) is 0.345. The zero-order valence-corrected chi connectivity index (χ0v) is 21.8. The number of carboxylic acids is 1. The Balaban J connectivity index is 1.45. The van der Waals surface area contributed by atoms with Crippen molar-refractivity contribution in [3.05, 3.63) is 89.6 Å². The minimum absolute atomic E-state index is 0.0149. The summed E-state index contributed by atoms with van der Waals surface area (Å²) in [5, 5.41) is 22.0. The van der Waals surface area contributed by atoms with Gasteiger partial charge in [-0.25, -0.2) is 4.98 Å². The number of nitrogens with zero attached hydrogens (tertiary/aromatic N) is 1. The number of nitrogens with one attached hydrogen (secondary N) is 1. The predicted molar refractivity (Wildman–Crippen MR) is 145 cm³/mol. The summed E-state index contributed by atoms with van der Waals surface area (Å²) in [4.78, 5) is 27.4. The molecule has 8 nitrogen and oxygen atoms in total. The molecule has 0 saturated carbocycles. The molecular formula is C29H32N2O6S. The molecule has 4 rings (SSSR count). The summed E-state index contributed by atoms with van der Waals surface area (Å²) in [6.07, 6.45) is 2.79. The van der Waals surface area contributed by atoms with E-state index in [0.29, 0.717) is 30.7 Å². The quantitative estimate of drug-likeness (QED) is 0.205. The number of carboxylic acid groups (broad SMARTS) is 1. The van der Waals surface area contributed by atoms with Crippen LogP contribution in [0, 0.1) is 0 Å². The number of hydrogen-bond donors (Lipinski definition) is 3. The number of hydrogen-bond acceptors (Lipinski definition) is 7. The highest BCUT2D eigenvalue weighted by molar-refractivity contribution is 7.99. The van der Waals surface area contributed by atoms with Crippen LogP contribution in [-0.4, -0.2) is 38.9 Å². The van der Waals surface area contributed by atoms with Crippen LogP contribution >= 0.6 is 11.8 Å². The number of aromatic nitrogens is 1. The van der Waals surface area contributed by atoms with Crippen molar-refractivity contribution in [2.24, 2.45) is 0 Å². The van der Waals surface area contributed by atoms with Crippen molar-refractivity contribution in [2.45, 2.75) is 62.2 Å². The van der Waals surface area contributed by atoms with Crippen LogP contribution in [0.15, 0.2) is 78.0 Å². The number of carbonyl (C=O) groups is 2. The maximum absolute atomic E-state index is 12.4. The highest BCUT2D eigenvalue weighted by Crippen LogP contribution is 2.39. The lowest BCUT2D eigenvalue weighted by Gasteiger charge is -2.36. The van der Waals surface area contributed by atoms with E-state index in [4.69, 9.17) is 14.6 Å². The summed E-state index contributed by atoms with van der Waals surface area (Å²) >= 11 is 1.63. The lowest BCUT2D eigenvalue weighted by Crippen LogP contribution is -2.31. The average molecular weight is 537 g/mol. The molecule has 3 N–H and O–H groups in total. The molecule has 2 aromatic carbocycles. The summed E-state index contributed by atoms with van der Waals surface area (Å²) < 4.78 is 12.8. The van der Waals surface area contributed by atoms with Crippen molar-refractivity contribution in [2.75, 3.05) is 11.1 Å². The molecule has 1 aliphatic rings. The van der Waals surface area contributed by atoms with Crippen LogP contribution in [0.3, 0.4) is 0 Å². The van der Waals surface area contributed by atoms with Crippen molar-refractivity contribution in [3.63, 3.8) is 0 Å². The molecule has 0 bridgehead atoms. The number of aliphatic carboxylic acids is 1. The van der Waals surface area contributed by atoms with Crippen molar-refractivity contribution in [1.29, 1.82) is 0 Å². The maximum Gasteiger partial charge on any atom is 0.303 e. The number of amides is 1. The number of unbranched alkanes of at least 4 members (excludes halogenated alkanes) is 1. The Labute approximate surface area is 226 Å². The Morgan fingerprint density at radius 1 is 0.974 bits per heavy atom. The summed E-state index contributed by atoms with van der Waals surface area (Å²) in [7, 11) is 0. The number of ether oxygens (including phenoxy) is 2. The third-order valence-corrected chi connectivity index (χ3v) is 7.23. The molecule has 1 aliphatic heterocycles. The molecule has 1 amide bonds. The second-order valence-corrected chi connectivity index (χ2v) is 10.1. The van der Waals surface area contributed by atoms with Gasteiger partial charge in [-0.05, 0) is 48.2 Å². The Bertz CT molecular complexity index is 1190. The number of pyridine rings is 1. The van der Waals surface area contributed by atoms with E-state index >= 15 is 0 Å². The molecule has 3 atom stereocenters. The van der Waals surface area contributed by atoms with Crippen molar-refractivity contribution >= 4 is 29.3 Å². The molecule has 0 unspecified atom stereocenters. The third-order valence-electron chi connectivity index (χ3n) is 6.16. The number of aliphatic hydroxyl groups is 1. The van der Waals surface area contributed by atoms with Crippen LogP contribution in [-0.2, 0) is 25.7 Å². The van der Waals surface area contributed by atoms with Gasteiger partial charge in [-0.1, -0.05) is 42.5 Å². The number of benzene rings is 2. The summed E-state index contributed by atoms with van der Waals surface area (Å²) in [5.74, 6) is -0.316. The fourth-order valence-electron chi connectivity index (χ4n) is 4.18. The lowest BCUT2D eigenvalue weighted by atomic mass is 10.0. The Morgan fingerprint density at radius 3 is 2.53 bits per heavy atom. The van der Waals surface area contributed by atoms with Gasteiger partial charge >= 0.3 is 5.97 Å². The van der Waals surface area contributed by atoms with Gasteiger partial charge in [-0.15, -0.1) is 11.8 Å². The molecule has 38 heavy (non-hydrogen) atoms. The van der Waals surface area contributed by atoms with E-state index in [1.54, 1.807) is 24.0 Å². The molecule has 1 aromatic heterocycles. The minimum atomic E-state index is -0.857. The van der Waals surface area contributed by atoms with Crippen LogP contribution in [0.1, 0.15) is 61.2 Å². The maximum atomic E-state index is 12.4. The summed E-state index contributed by atoms with van der Waals surface area (Å²) in [5.41, 5.74) is 3.27. The highest BCUT2D eigenvalue weighted by atomic mass is 32.2. The van der Waals surface area contributed by atoms with Crippen LogP contribution < -0.4 is 5.32 Å². The normalized spacial score (nSPS) is 19.1.